The summed E-state index contributed by atoms with van der Waals surface area (Å²) in [6, 6.07) is 5.60. The molecule has 0 radical (unpaired) electrons. The molecule has 0 aliphatic heterocycles. The molecule has 1 saturated carbocycles. The number of anilines is 1. The van der Waals surface area contributed by atoms with Crippen molar-refractivity contribution >= 4 is 5.69 Å². The summed E-state index contributed by atoms with van der Waals surface area (Å²) in [5.74, 6) is 0. The highest BCUT2D eigenvalue weighted by Gasteiger charge is 2.42. The summed E-state index contributed by atoms with van der Waals surface area (Å²) in [5, 5.41) is 17.9. The molecule has 84 valence electrons. The topological polar surface area (TPSA) is 60.1 Å². The molecule has 0 unspecified atom stereocenters. The zero-order valence-electron chi connectivity index (χ0n) is 9.35. The van der Waals surface area contributed by atoms with Crippen LogP contribution in [0.3, 0.4) is 0 Å². The van der Waals surface area contributed by atoms with E-state index in [4.69, 9.17) is 5.26 Å². The fraction of sp³-hybridized carbons (Fsp3) is 0.500. The molecule has 1 fully saturated rings. The Balaban J connectivity index is 2.03. The van der Waals surface area contributed by atoms with E-state index in [0.29, 0.717) is 5.69 Å². The van der Waals surface area contributed by atoms with Crippen LogP contribution < -0.4 is 4.90 Å². The molecule has 1 heterocycles. The van der Waals surface area contributed by atoms with E-state index in [-0.39, 0.29) is 12.0 Å². The van der Waals surface area contributed by atoms with Crippen LogP contribution in [-0.2, 0) is 0 Å². The average molecular weight is 217 g/mol. The van der Waals surface area contributed by atoms with Gasteiger partial charge in [-0.25, -0.2) is 4.98 Å². The van der Waals surface area contributed by atoms with E-state index in [1.54, 1.807) is 12.3 Å². The van der Waals surface area contributed by atoms with Crippen molar-refractivity contribution in [3.8, 4) is 6.07 Å². The lowest BCUT2D eigenvalue weighted by Gasteiger charge is -2.23. The number of pyridine rings is 1. The second kappa shape index (κ2) is 4.11. The van der Waals surface area contributed by atoms with Gasteiger partial charge in [0.2, 0.25) is 0 Å². The third-order valence-corrected chi connectivity index (χ3v) is 3.17. The minimum absolute atomic E-state index is 0.0999. The Kier molecular flexibility index (Phi) is 2.80. The first kappa shape index (κ1) is 10.9. The van der Waals surface area contributed by atoms with Crippen LogP contribution in [0, 0.1) is 16.7 Å². The molecule has 0 saturated heterocycles. The van der Waals surface area contributed by atoms with Gasteiger partial charge in [0.05, 0.1) is 18.5 Å². The Morgan fingerprint density at radius 2 is 2.31 bits per heavy atom. The quantitative estimate of drug-likeness (QED) is 0.822. The minimum atomic E-state index is 0.0999. The van der Waals surface area contributed by atoms with Crippen molar-refractivity contribution in [1.82, 2.24) is 4.98 Å². The molecule has 1 aliphatic carbocycles. The van der Waals surface area contributed by atoms with Gasteiger partial charge in [0.15, 0.2) is 0 Å². The van der Waals surface area contributed by atoms with Crippen LogP contribution in [0.15, 0.2) is 18.3 Å². The minimum Gasteiger partial charge on any atom is -0.396 e. The van der Waals surface area contributed by atoms with E-state index in [9.17, 15) is 5.11 Å². The summed E-state index contributed by atoms with van der Waals surface area (Å²) in [7, 11) is 1.98. The van der Waals surface area contributed by atoms with Crippen LogP contribution in [0.25, 0.3) is 0 Å². The number of hydrogen-bond acceptors (Lipinski definition) is 4. The molecule has 0 aromatic carbocycles. The van der Waals surface area contributed by atoms with Gasteiger partial charge in [0.1, 0.15) is 11.8 Å². The number of hydrogen-bond donors (Lipinski definition) is 1. The monoisotopic (exact) mass is 217 g/mol. The average Bonchev–Trinajstić information content (AvgIpc) is 3.09. The molecular weight excluding hydrogens is 202 g/mol. The van der Waals surface area contributed by atoms with E-state index in [1.807, 2.05) is 19.2 Å². The summed E-state index contributed by atoms with van der Waals surface area (Å²) in [4.78, 5) is 6.11. The normalized spacial score (nSPS) is 16.6. The van der Waals surface area contributed by atoms with Crippen molar-refractivity contribution < 1.29 is 5.11 Å². The molecule has 2 rings (SSSR count). The number of aromatic nitrogens is 1. The van der Waals surface area contributed by atoms with E-state index >= 15 is 0 Å². The second-order valence-corrected chi connectivity index (χ2v) is 4.53. The molecule has 4 heteroatoms. The number of rotatable bonds is 4. The number of aliphatic hydroxyl groups is 1. The van der Waals surface area contributed by atoms with Crippen LogP contribution in [0.5, 0.6) is 0 Å². The van der Waals surface area contributed by atoms with Crippen LogP contribution in [-0.4, -0.2) is 30.3 Å². The molecule has 0 amide bonds. The Labute approximate surface area is 95.1 Å². The molecular formula is C12H15N3O. The molecule has 0 spiro atoms. The maximum Gasteiger partial charge on any atom is 0.140 e. The maximum atomic E-state index is 9.25. The summed E-state index contributed by atoms with van der Waals surface area (Å²) in [6.45, 7) is 1.10. The first-order valence-electron chi connectivity index (χ1n) is 5.37. The van der Waals surface area contributed by atoms with E-state index in [2.05, 4.69) is 9.88 Å². The predicted octanol–water partition coefficient (Wildman–Crippen LogP) is 1.16. The molecule has 1 aliphatic rings. The van der Waals surface area contributed by atoms with Crippen LogP contribution in [0.1, 0.15) is 18.5 Å². The molecule has 1 aromatic rings. The van der Waals surface area contributed by atoms with Crippen LogP contribution in [0.4, 0.5) is 5.69 Å². The number of nitriles is 1. The Bertz CT molecular complexity index is 403. The second-order valence-electron chi connectivity index (χ2n) is 4.53. The largest absolute Gasteiger partial charge is 0.396 e. The lowest BCUT2D eigenvalue weighted by molar-refractivity contribution is 0.215. The van der Waals surface area contributed by atoms with Gasteiger partial charge in [-0.3, -0.25) is 0 Å². The van der Waals surface area contributed by atoms with E-state index in [0.717, 1.165) is 25.1 Å². The first-order chi connectivity index (χ1) is 7.69. The zero-order chi connectivity index (χ0) is 11.6. The molecule has 0 bridgehead atoms. The SMILES string of the molecule is CN(CC1(CO)CC1)c1ccc(C#N)nc1. The molecule has 4 nitrogen and oxygen atoms in total. The fourth-order valence-electron chi connectivity index (χ4n) is 1.82. The van der Waals surface area contributed by atoms with Gasteiger partial charge in [-0.05, 0) is 25.0 Å². The summed E-state index contributed by atoms with van der Waals surface area (Å²) in [5.41, 5.74) is 1.52. The summed E-state index contributed by atoms with van der Waals surface area (Å²) < 4.78 is 0. The zero-order valence-corrected chi connectivity index (χ0v) is 9.35. The molecule has 16 heavy (non-hydrogen) atoms. The summed E-state index contributed by atoms with van der Waals surface area (Å²) >= 11 is 0. The predicted molar refractivity (Wildman–Crippen MR) is 61.0 cm³/mol. The van der Waals surface area contributed by atoms with Crippen molar-refractivity contribution in [3.63, 3.8) is 0 Å². The number of aliphatic hydroxyl groups excluding tert-OH is 1. The summed E-state index contributed by atoms with van der Waals surface area (Å²) in [6.07, 6.45) is 3.89. The highest BCUT2D eigenvalue weighted by molar-refractivity contribution is 5.45. The molecule has 1 N–H and O–H groups in total. The van der Waals surface area contributed by atoms with E-state index < -0.39 is 0 Å². The molecule has 0 atom stereocenters. The van der Waals surface area contributed by atoms with Crippen LogP contribution in [0.2, 0.25) is 0 Å². The van der Waals surface area contributed by atoms with Crippen molar-refractivity contribution in [2.24, 2.45) is 5.41 Å². The lowest BCUT2D eigenvalue weighted by Crippen LogP contribution is -2.28. The Morgan fingerprint density at radius 1 is 1.56 bits per heavy atom. The van der Waals surface area contributed by atoms with Crippen molar-refractivity contribution in [2.75, 3.05) is 25.1 Å². The fourth-order valence-corrected chi connectivity index (χ4v) is 1.82. The van der Waals surface area contributed by atoms with Gasteiger partial charge < -0.3 is 10.0 Å². The van der Waals surface area contributed by atoms with Crippen molar-refractivity contribution in [1.29, 1.82) is 5.26 Å². The third-order valence-electron chi connectivity index (χ3n) is 3.17. The van der Waals surface area contributed by atoms with Crippen LogP contribution >= 0.6 is 0 Å². The third kappa shape index (κ3) is 2.15. The van der Waals surface area contributed by atoms with Crippen molar-refractivity contribution in [3.05, 3.63) is 24.0 Å². The smallest absolute Gasteiger partial charge is 0.140 e. The lowest BCUT2D eigenvalue weighted by atomic mass is 10.1. The Hall–Kier alpha value is -1.60. The van der Waals surface area contributed by atoms with Gasteiger partial charge in [0, 0.05) is 19.0 Å². The highest BCUT2D eigenvalue weighted by Crippen LogP contribution is 2.45. The van der Waals surface area contributed by atoms with E-state index in [1.165, 1.54) is 0 Å². The van der Waals surface area contributed by atoms with Crippen molar-refractivity contribution in [2.45, 2.75) is 12.8 Å². The van der Waals surface area contributed by atoms with Gasteiger partial charge in [-0.2, -0.15) is 5.26 Å². The highest BCUT2D eigenvalue weighted by atomic mass is 16.3. The maximum absolute atomic E-state index is 9.25. The Morgan fingerprint density at radius 3 is 2.75 bits per heavy atom. The van der Waals surface area contributed by atoms with Gasteiger partial charge in [-0.1, -0.05) is 0 Å². The van der Waals surface area contributed by atoms with Gasteiger partial charge >= 0.3 is 0 Å². The number of nitrogens with zero attached hydrogens (tertiary/aromatic N) is 3. The van der Waals surface area contributed by atoms with Gasteiger partial charge in [-0.15, -0.1) is 0 Å². The molecule has 1 aromatic heterocycles. The first-order valence-corrected chi connectivity index (χ1v) is 5.37. The standard InChI is InChI=1S/C12H15N3O/c1-15(8-12(9-16)4-5-12)11-3-2-10(6-13)14-7-11/h2-3,7,16H,4-5,8-9H2,1H3. The van der Waals surface area contributed by atoms with Gasteiger partial charge in [0.25, 0.3) is 0 Å².